The molecule has 4 heterocycles. The van der Waals surface area contributed by atoms with Crippen LogP contribution in [0.15, 0.2) is 60.9 Å². The molecule has 0 aliphatic rings. The maximum absolute atomic E-state index is 13.3. The minimum Gasteiger partial charge on any atom is -0.497 e. The van der Waals surface area contributed by atoms with Crippen LogP contribution in [0.1, 0.15) is 23.2 Å². The molecule has 0 N–H and O–H groups in total. The van der Waals surface area contributed by atoms with Gasteiger partial charge >= 0.3 is 0 Å². The smallest absolute Gasteiger partial charge is 0.280 e. The van der Waals surface area contributed by atoms with Crippen LogP contribution in [0.3, 0.4) is 0 Å². The fraction of sp³-hybridized carbons (Fsp3) is 0.154. The number of rotatable bonds is 6. The summed E-state index contributed by atoms with van der Waals surface area (Å²) in [5.74, 6) is 1.97. The van der Waals surface area contributed by atoms with Gasteiger partial charge in [-0.25, -0.2) is 28.2 Å². The first-order chi connectivity index (χ1) is 17.5. The van der Waals surface area contributed by atoms with Gasteiger partial charge in [0.2, 0.25) is 0 Å². The van der Waals surface area contributed by atoms with E-state index in [1.807, 2.05) is 48.5 Å². The average Bonchev–Trinajstić information content (AvgIpc) is 3.49. The normalized spacial score (nSPS) is 11.7. The summed E-state index contributed by atoms with van der Waals surface area (Å²) in [4.78, 5) is 14.0. The number of thiophene rings is 1. The molecule has 0 unspecified atom stereocenters. The van der Waals surface area contributed by atoms with E-state index >= 15 is 0 Å². The van der Waals surface area contributed by atoms with Gasteiger partial charge in [0, 0.05) is 17.0 Å². The predicted octanol–water partition coefficient (Wildman–Crippen LogP) is 6.39. The van der Waals surface area contributed by atoms with Crippen LogP contribution >= 0.6 is 11.3 Å². The molecule has 0 atom stereocenters. The largest absolute Gasteiger partial charge is 0.497 e. The number of alkyl halides is 2. The first-order valence-corrected chi connectivity index (χ1v) is 11.9. The van der Waals surface area contributed by atoms with Crippen LogP contribution < -0.4 is 9.47 Å². The highest BCUT2D eigenvalue weighted by Crippen LogP contribution is 2.37. The van der Waals surface area contributed by atoms with E-state index in [1.54, 1.807) is 24.9 Å². The molecule has 6 aromatic rings. The van der Waals surface area contributed by atoms with Crippen molar-refractivity contribution in [2.24, 2.45) is 0 Å². The Balaban J connectivity index is 1.36. The molecule has 0 saturated carbocycles. The summed E-state index contributed by atoms with van der Waals surface area (Å²) in [5.41, 5.74) is 3.55. The highest BCUT2D eigenvalue weighted by atomic mass is 32.1. The van der Waals surface area contributed by atoms with Crippen molar-refractivity contribution in [1.29, 1.82) is 0 Å². The van der Waals surface area contributed by atoms with Crippen LogP contribution in [0, 0.1) is 6.92 Å². The van der Waals surface area contributed by atoms with Crippen LogP contribution in [0.2, 0.25) is 0 Å². The summed E-state index contributed by atoms with van der Waals surface area (Å²) in [7, 11) is 1.62. The number of aromatic nitrogens is 5. The number of pyridine rings is 1. The topological polar surface area (TPSA) is 74.4 Å². The van der Waals surface area contributed by atoms with Crippen molar-refractivity contribution in [1.82, 2.24) is 24.6 Å². The van der Waals surface area contributed by atoms with Gasteiger partial charge in [0.15, 0.2) is 11.5 Å². The molecule has 0 saturated heterocycles. The van der Waals surface area contributed by atoms with Crippen LogP contribution in [-0.4, -0.2) is 31.7 Å². The van der Waals surface area contributed by atoms with Crippen molar-refractivity contribution in [3.8, 4) is 22.9 Å². The van der Waals surface area contributed by atoms with Gasteiger partial charge in [-0.3, -0.25) is 0 Å². The highest BCUT2D eigenvalue weighted by molar-refractivity contribution is 7.26. The molecule has 180 valence electrons. The fourth-order valence-electron chi connectivity index (χ4n) is 4.13. The van der Waals surface area contributed by atoms with Crippen molar-refractivity contribution < 1.29 is 18.3 Å². The average molecular weight is 504 g/mol. The zero-order chi connectivity index (χ0) is 24.8. The Hall–Kier alpha value is -4.18. The van der Waals surface area contributed by atoms with Crippen molar-refractivity contribution in [2.45, 2.75) is 20.0 Å². The minimum absolute atomic E-state index is 0.238. The zero-order valence-electron chi connectivity index (χ0n) is 19.3. The Kier molecular flexibility index (Phi) is 5.45. The van der Waals surface area contributed by atoms with Crippen LogP contribution in [0.25, 0.3) is 37.5 Å². The standard InChI is InChI=1S/C26H19F2N5O2S/c1-14-9-19(23(27)28)30-26-20(14)21-22(36-26)25-31-24(32-33(25)13-29-21)16-6-3-5-15(10-16)12-35-18-8-4-7-17(11-18)34-2/h3-11,13,23H,12H2,1-2H3. The van der Waals surface area contributed by atoms with Gasteiger partial charge in [-0.05, 0) is 42.3 Å². The van der Waals surface area contributed by atoms with E-state index < -0.39 is 6.43 Å². The number of fused-ring (bicyclic) bond motifs is 5. The summed E-state index contributed by atoms with van der Waals surface area (Å²) < 4.78 is 40.1. The quantitative estimate of drug-likeness (QED) is 0.262. The molecule has 0 radical (unpaired) electrons. The number of hydrogen-bond donors (Lipinski definition) is 0. The van der Waals surface area contributed by atoms with E-state index in [2.05, 4.69) is 15.1 Å². The van der Waals surface area contributed by atoms with E-state index in [-0.39, 0.29) is 5.69 Å². The molecule has 4 aromatic heterocycles. The van der Waals surface area contributed by atoms with E-state index in [0.29, 0.717) is 39.7 Å². The molecular weight excluding hydrogens is 484 g/mol. The lowest BCUT2D eigenvalue weighted by molar-refractivity contribution is 0.146. The number of hydrogen-bond acceptors (Lipinski definition) is 7. The minimum atomic E-state index is -2.63. The molecule has 0 bridgehead atoms. The van der Waals surface area contributed by atoms with Gasteiger partial charge in [0.1, 0.15) is 39.7 Å². The summed E-state index contributed by atoms with van der Waals surface area (Å²) in [5, 5.41) is 5.37. The van der Waals surface area contributed by atoms with Gasteiger partial charge in [0.25, 0.3) is 6.43 Å². The summed E-state index contributed by atoms with van der Waals surface area (Å²) in [6.45, 7) is 2.16. The lowest BCUT2D eigenvalue weighted by Gasteiger charge is -2.08. The molecule has 7 nitrogen and oxygen atoms in total. The third kappa shape index (κ3) is 3.89. The molecule has 0 aliphatic carbocycles. The van der Waals surface area contributed by atoms with Crippen LogP contribution in [0.4, 0.5) is 8.78 Å². The predicted molar refractivity (Wildman–Crippen MR) is 134 cm³/mol. The number of halogens is 2. The summed E-state index contributed by atoms with van der Waals surface area (Å²) >= 11 is 1.30. The lowest BCUT2D eigenvalue weighted by Crippen LogP contribution is -1.96. The van der Waals surface area contributed by atoms with Crippen LogP contribution in [-0.2, 0) is 6.61 Å². The van der Waals surface area contributed by atoms with Gasteiger partial charge in [-0.2, -0.15) is 0 Å². The molecule has 2 aromatic carbocycles. The van der Waals surface area contributed by atoms with Crippen LogP contribution in [0.5, 0.6) is 11.5 Å². The van der Waals surface area contributed by atoms with Crippen molar-refractivity contribution in [3.05, 3.63) is 77.7 Å². The summed E-state index contributed by atoms with van der Waals surface area (Å²) in [6.07, 6.45) is -1.04. The van der Waals surface area contributed by atoms with E-state index in [9.17, 15) is 8.78 Å². The molecule has 0 spiro atoms. The molecule has 0 aliphatic heterocycles. The number of methoxy groups -OCH3 is 1. The van der Waals surface area contributed by atoms with E-state index in [1.165, 1.54) is 17.4 Å². The molecule has 10 heteroatoms. The van der Waals surface area contributed by atoms with Gasteiger partial charge < -0.3 is 9.47 Å². The maximum Gasteiger partial charge on any atom is 0.280 e. The second kappa shape index (κ2) is 8.80. The first-order valence-electron chi connectivity index (χ1n) is 11.1. The first kappa shape index (κ1) is 22.3. The molecule has 6 rings (SSSR count). The van der Waals surface area contributed by atoms with Gasteiger partial charge in [-0.1, -0.05) is 24.3 Å². The van der Waals surface area contributed by atoms with Crippen molar-refractivity contribution >= 4 is 37.4 Å². The molecule has 36 heavy (non-hydrogen) atoms. The molecular formula is C26H19F2N5O2S. The third-order valence-electron chi connectivity index (χ3n) is 5.84. The third-order valence-corrected chi connectivity index (χ3v) is 6.91. The Morgan fingerprint density at radius 2 is 1.86 bits per heavy atom. The van der Waals surface area contributed by atoms with Gasteiger partial charge in [0.05, 0.1) is 12.6 Å². The fourth-order valence-corrected chi connectivity index (χ4v) is 5.31. The zero-order valence-corrected chi connectivity index (χ0v) is 20.1. The Labute approximate surface area is 208 Å². The Morgan fingerprint density at radius 3 is 2.69 bits per heavy atom. The number of ether oxygens (including phenoxy) is 2. The number of benzene rings is 2. The number of aryl methyl sites for hydroxylation is 1. The maximum atomic E-state index is 13.3. The van der Waals surface area contributed by atoms with Gasteiger partial charge in [-0.15, -0.1) is 16.4 Å². The van der Waals surface area contributed by atoms with Crippen molar-refractivity contribution in [3.63, 3.8) is 0 Å². The lowest BCUT2D eigenvalue weighted by atomic mass is 10.1. The summed E-state index contributed by atoms with van der Waals surface area (Å²) in [6, 6.07) is 16.7. The second-order valence-electron chi connectivity index (χ2n) is 8.24. The van der Waals surface area contributed by atoms with Crippen molar-refractivity contribution in [2.75, 3.05) is 7.11 Å². The Morgan fingerprint density at radius 1 is 1.03 bits per heavy atom. The highest BCUT2D eigenvalue weighted by Gasteiger charge is 2.19. The second-order valence-corrected chi connectivity index (χ2v) is 9.24. The SMILES string of the molecule is COc1cccc(OCc2cccc(-c3nc4c5sc6nc(C(F)F)cc(C)c6c5ncn4n3)c2)c1. The molecule has 0 fully saturated rings. The van der Waals surface area contributed by atoms with E-state index in [4.69, 9.17) is 14.5 Å². The molecule has 0 amide bonds. The number of nitrogens with zero attached hydrogens (tertiary/aromatic N) is 5. The monoisotopic (exact) mass is 503 g/mol. The van der Waals surface area contributed by atoms with E-state index in [0.717, 1.165) is 27.0 Å². The Bertz CT molecular complexity index is 1750.